The Balaban J connectivity index is 1.43. The van der Waals surface area contributed by atoms with Crippen LogP contribution in [0.25, 0.3) is 10.9 Å². The minimum absolute atomic E-state index is 0.177. The number of halogens is 3. The average Bonchev–Trinajstić information content (AvgIpc) is 3.31. The van der Waals surface area contributed by atoms with E-state index in [9.17, 15) is 22.8 Å². The van der Waals surface area contributed by atoms with Crippen molar-refractivity contribution < 1.29 is 22.8 Å². The summed E-state index contributed by atoms with van der Waals surface area (Å²) in [6, 6.07) is 19.3. The van der Waals surface area contributed by atoms with Gasteiger partial charge in [-0.3, -0.25) is 4.79 Å². The molecule has 0 atom stereocenters. The molecular formula is C31H33F3N6O2. The Kier molecular flexibility index (Phi) is 8.13. The summed E-state index contributed by atoms with van der Waals surface area (Å²) in [5.74, 6) is -0.357. The van der Waals surface area contributed by atoms with Gasteiger partial charge in [-0.1, -0.05) is 12.1 Å². The van der Waals surface area contributed by atoms with Gasteiger partial charge in [0, 0.05) is 74.8 Å². The number of amides is 3. The first-order valence-electron chi connectivity index (χ1n) is 13.6. The monoisotopic (exact) mass is 578 g/mol. The number of nitrogens with one attached hydrogen (secondary N) is 2. The van der Waals surface area contributed by atoms with Crippen LogP contribution in [0.5, 0.6) is 0 Å². The van der Waals surface area contributed by atoms with Gasteiger partial charge in [-0.15, -0.1) is 0 Å². The molecule has 0 unspecified atom stereocenters. The second-order valence-corrected chi connectivity index (χ2v) is 10.7. The number of benzene rings is 3. The molecule has 3 aromatic carbocycles. The van der Waals surface area contributed by atoms with Crippen molar-refractivity contribution in [1.29, 1.82) is 0 Å². The number of carbonyl (C=O) groups is 2. The lowest BCUT2D eigenvalue weighted by atomic mass is 10.1. The summed E-state index contributed by atoms with van der Waals surface area (Å²) in [5, 5.41) is 6.46. The van der Waals surface area contributed by atoms with Crippen molar-refractivity contribution in [1.82, 2.24) is 14.4 Å². The van der Waals surface area contributed by atoms with E-state index in [1.165, 1.54) is 17.0 Å². The molecule has 1 aliphatic rings. The number of nitrogens with zero attached hydrogens (tertiary/aromatic N) is 4. The number of aromatic nitrogens is 1. The van der Waals surface area contributed by atoms with Crippen molar-refractivity contribution in [3.05, 3.63) is 89.6 Å². The molecule has 5 rings (SSSR count). The number of piperazine rings is 1. The number of urea groups is 1. The minimum atomic E-state index is -4.43. The molecule has 1 fully saturated rings. The third kappa shape index (κ3) is 6.52. The number of rotatable bonds is 6. The zero-order valence-electron chi connectivity index (χ0n) is 23.7. The Labute approximate surface area is 242 Å². The number of carbonyl (C=O) groups excluding carboxylic acids is 2. The summed E-state index contributed by atoms with van der Waals surface area (Å²) in [7, 11) is 5.37. The fraction of sp³-hybridized carbons (Fsp3) is 0.290. The highest BCUT2D eigenvalue weighted by Gasteiger charge is 2.30. The maximum Gasteiger partial charge on any atom is 0.416 e. The van der Waals surface area contributed by atoms with Gasteiger partial charge in [0.05, 0.1) is 5.56 Å². The van der Waals surface area contributed by atoms with Crippen LogP contribution in [0.3, 0.4) is 0 Å². The lowest BCUT2D eigenvalue weighted by molar-refractivity contribution is -0.137. The van der Waals surface area contributed by atoms with Gasteiger partial charge in [-0.2, -0.15) is 13.2 Å². The van der Waals surface area contributed by atoms with Crippen molar-refractivity contribution in [2.75, 3.05) is 62.9 Å². The number of hydrogen-bond acceptors (Lipinski definition) is 4. The van der Waals surface area contributed by atoms with Crippen molar-refractivity contribution in [2.24, 2.45) is 0 Å². The van der Waals surface area contributed by atoms with E-state index >= 15 is 0 Å². The smallest absolute Gasteiger partial charge is 0.369 e. The number of likely N-dealkylation sites (N-methyl/N-ethyl adjacent to an activating group) is 1. The summed E-state index contributed by atoms with van der Waals surface area (Å²) in [5.41, 5.74) is 3.18. The molecule has 1 aromatic heterocycles. The van der Waals surface area contributed by atoms with E-state index < -0.39 is 11.7 Å². The van der Waals surface area contributed by atoms with Crippen LogP contribution in [0, 0.1) is 0 Å². The topological polar surface area (TPSA) is 72.8 Å². The van der Waals surface area contributed by atoms with Crippen LogP contribution >= 0.6 is 0 Å². The van der Waals surface area contributed by atoms with E-state index in [-0.39, 0.29) is 18.5 Å². The molecule has 0 bridgehead atoms. The van der Waals surface area contributed by atoms with E-state index in [4.69, 9.17) is 0 Å². The molecule has 2 heterocycles. The van der Waals surface area contributed by atoms with Crippen molar-refractivity contribution in [2.45, 2.75) is 12.7 Å². The SMILES string of the molecule is CN1CCN(c2ccc(NC(=O)c3cc4cc(NC(=O)N(C)C)ccc4n3Cc3ccc(C(F)(F)F)cc3)cc2)CC1. The predicted molar refractivity (Wildman–Crippen MR) is 159 cm³/mol. The molecule has 2 N–H and O–H groups in total. The quantitative estimate of drug-likeness (QED) is 0.303. The normalized spacial score (nSPS) is 14.2. The van der Waals surface area contributed by atoms with Crippen LogP contribution in [0.2, 0.25) is 0 Å². The van der Waals surface area contributed by atoms with E-state index in [0.717, 1.165) is 44.0 Å². The maximum absolute atomic E-state index is 13.6. The summed E-state index contributed by atoms with van der Waals surface area (Å²) >= 11 is 0. The molecule has 42 heavy (non-hydrogen) atoms. The summed E-state index contributed by atoms with van der Waals surface area (Å²) in [6.07, 6.45) is -4.43. The first kappa shape index (κ1) is 29.0. The second kappa shape index (κ2) is 11.8. The largest absolute Gasteiger partial charge is 0.416 e. The Morgan fingerprint density at radius 3 is 2.10 bits per heavy atom. The van der Waals surface area contributed by atoms with Crippen LogP contribution in [-0.4, -0.2) is 73.6 Å². The summed E-state index contributed by atoms with van der Waals surface area (Å²) < 4.78 is 41.1. The fourth-order valence-corrected chi connectivity index (χ4v) is 4.94. The average molecular weight is 579 g/mol. The van der Waals surface area contributed by atoms with Crippen molar-refractivity contribution in [3.8, 4) is 0 Å². The first-order valence-corrected chi connectivity index (χ1v) is 13.6. The Hall–Kier alpha value is -4.51. The minimum Gasteiger partial charge on any atom is -0.369 e. The Bertz CT molecular complexity index is 1570. The third-order valence-electron chi connectivity index (χ3n) is 7.41. The van der Waals surface area contributed by atoms with E-state index in [1.54, 1.807) is 42.9 Å². The summed E-state index contributed by atoms with van der Waals surface area (Å²) in [4.78, 5) is 31.8. The highest BCUT2D eigenvalue weighted by atomic mass is 19.4. The molecule has 11 heteroatoms. The lowest BCUT2D eigenvalue weighted by Gasteiger charge is -2.34. The molecule has 0 spiro atoms. The number of alkyl halides is 3. The van der Waals surface area contributed by atoms with E-state index in [0.29, 0.717) is 33.5 Å². The van der Waals surface area contributed by atoms with Gasteiger partial charge in [-0.25, -0.2) is 4.79 Å². The van der Waals surface area contributed by atoms with E-state index in [1.807, 2.05) is 24.3 Å². The second-order valence-electron chi connectivity index (χ2n) is 10.7. The van der Waals surface area contributed by atoms with Crippen molar-refractivity contribution in [3.63, 3.8) is 0 Å². The van der Waals surface area contributed by atoms with Crippen LogP contribution in [0.15, 0.2) is 72.8 Å². The molecule has 3 amide bonds. The van der Waals surface area contributed by atoms with Gasteiger partial charge in [0.15, 0.2) is 0 Å². The molecule has 220 valence electrons. The van der Waals surface area contributed by atoms with Gasteiger partial charge in [-0.05, 0) is 73.3 Å². The zero-order valence-corrected chi connectivity index (χ0v) is 23.7. The van der Waals surface area contributed by atoms with E-state index in [2.05, 4.69) is 27.5 Å². The molecule has 1 aliphatic heterocycles. The molecule has 0 radical (unpaired) electrons. The van der Waals surface area contributed by atoms with Gasteiger partial charge >= 0.3 is 12.2 Å². The number of anilines is 3. The molecular weight excluding hydrogens is 545 g/mol. The highest BCUT2D eigenvalue weighted by molar-refractivity contribution is 6.07. The first-order chi connectivity index (χ1) is 20.0. The Morgan fingerprint density at radius 1 is 0.833 bits per heavy atom. The van der Waals surface area contributed by atoms with Gasteiger partial charge < -0.3 is 29.9 Å². The van der Waals surface area contributed by atoms with Gasteiger partial charge in [0.2, 0.25) is 0 Å². The number of hydrogen-bond donors (Lipinski definition) is 2. The van der Waals surface area contributed by atoms with Crippen LogP contribution in [0.4, 0.5) is 35.0 Å². The third-order valence-corrected chi connectivity index (χ3v) is 7.41. The van der Waals surface area contributed by atoms with Gasteiger partial charge in [0.25, 0.3) is 5.91 Å². The number of fused-ring (bicyclic) bond motifs is 1. The summed E-state index contributed by atoms with van der Waals surface area (Å²) in [6.45, 7) is 4.02. The highest BCUT2D eigenvalue weighted by Crippen LogP contribution is 2.30. The molecule has 4 aromatic rings. The molecule has 0 saturated carbocycles. The van der Waals surface area contributed by atoms with Crippen LogP contribution in [-0.2, 0) is 12.7 Å². The lowest BCUT2D eigenvalue weighted by Crippen LogP contribution is -2.44. The fourth-order valence-electron chi connectivity index (χ4n) is 4.94. The molecule has 1 saturated heterocycles. The van der Waals surface area contributed by atoms with Crippen molar-refractivity contribution >= 4 is 39.9 Å². The molecule has 8 nitrogen and oxygen atoms in total. The standard InChI is InChI=1S/C31H33F3N6O2/c1-37(2)30(42)36-25-10-13-27-22(18-25)19-28(40(27)20-21-4-6-23(7-5-21)31(32,33)34)29(41)35-24-8-11-26(12-9-24)39-16-14-38(3)15-17-39/h4-13,18-19H,14-17,20H2,1-3H3,(H,35,41)(H,36,42). The Morgan fingerprint density at radius 2 is 1.48 bits per heavy atom. The maximum atomic E-state index is 13.6. The van der Waals surface area contributed by atoms with Gasteiger partial charge in [0.1, 0.15) is 5.69 Å². The zero-order chi connectivity index (χ0) is 30.0. The van der Waals surface area contributed by atoms with Crippen LogP contribution in [0.1, 0.15) is 21.6 Å². The molecule has 0 aliphatic carbocycles. The van der Waals surface area contributed by atoms with Crippen LogP contribution < -0.4 is 15.5 Å². The predicted octanol–water partition coefficient (Wildman–Crippen LogP) is 5.81.